The van der Waals surface area contributed by atoms with Crippen LogP contribution in [0.15, 0.2) is 78.1 Å². The van der Waals surface area contributed by atoms with E-state index in [1.807, 2.05) is 42.5 Å². The van der Waals surface area contributed by atoms with Crippen molar-refractivity contribution >= 4 is 22.8 Å². The lowest BCUT2D eigenvalue weighted by atomic mass is 10.0. The van der Waals surface area contributed by atoms with E-state index in [4.69, 9.17) is 4.42 Å². The van der Waals surface area contributed by atoms with Gasteiger partial charge in [-0.25, -0.2) is 9.97 Å². The Kier molecular flexibility index (Phi) is 4.49. The third-order valence-corrected chi connectivity index (χ3v) is 4.61. The molecule has 0 fully saturated rings. The standard InChI is InChI=1S/C22H16N6O2/c29-19(11-15-12-23-13-30-15)28-18-10-14(6-9-25-18)21-20(16-4-1-2-7-24-16)22-17(27-21)5-3-8-26-22/h1-10,12-13,27H,11H2,(H,25,28,29). The summed E-state index contributed by atoms with van der Waals surface area (Å²) < 4.78 is 5.12. The fourth-order valence-corrected chi connectivity index (χ4v) is 3.33. The van der Waals surface area contributed by atoms with Crippen LogP contribution in [0.25, 0.3) is 33.5 Å². The Balaban J connectivity index is 1.53. The molecule has 0 atom stereocenters. The molecular weight excluding hydrogens is 380 g/mol. The van der Waals surface area contributed by atoms with E-state index in [9.17, 15) is 4.79 Å². The lowest BCUT2D eigenvalue weighted by molar-refractivity contribution is -0.115. The summed E-state index contributed by atoms with van der Waals surface area (Å²) in [5, 5.41) is 2.80. The summed E-state index contributed by atoms with van der Waals surface area (Å²) >= 11 is 0. The maximum Gasteiger partial charge on any atom is 0.233 e. The summed E-state index contributed by atoms with van der Waals surface area (Å²) in [5.41, 5.74) is 5.16. The number of carbonyl (C=O) groups excluding carboxylic acids is 1. The van der Waals surface area contributed by atoms with E-state index in [1.54, 1.807) is 18.6 Å². The van der Waals surface area contributed by atoms with Crippen LogP contribution >= 0.6 is 0 Å². The largest absolute Gasteiger partial charge is 0.448 e. The van der Waals surface area contributed by atoms with Gasteiger partial charge < -0.3 is 14.7 Å². The van der Waals surface area contributed by atoms with Gasteiger partial charge in [0.05, 0.1) is 40.6 Å². The minimum Gasteiger partial charge on any atom is -0.448 e. The van der Waals surface area contributed by atoms with E-state index < -0.39 is 0 Å². The fraction of sp³-hybridized carbons (Fsp3) is 0.0455. The number of hydrogen-bond acceptors (Lipinski definition) is 6. The number of fused-ring (bicyclic) bond motifs is 1. The minimum atomic E-state index is -0.236. The van der Waals surface area contributed by atoms with Crippen LogP contribution in [0.2, 0.25) is 0 Å². The normalized spacial score (nSPS) is 10.9. The molecule has 1 amide bonds. The Hall–Kier alpha value is -4.33. The number of H-pyrrole nitrogens is 1. The molecule has 5 rings (SSSR count). The van der Waals surface area contributed by atoms with Crippen LogP contribution in [0.5, 0.6) is 0 Å². The lowest BCUT2D eigenvalue weighted by Crippen LogP contribution is -2.15. The molecule has 0 spiro atoms. The van der Waals surface area contributed by atoms with E-state index in [1.165, 1.54) is 12.6 Å². The maximum atomic E-state index is 12.3. The van der Waals surface area contributed by atoms with Crippen molar-refractivity contribution in [3.63, 3.8) is 0 Å². The first kappa shape index (κ1) is 17.7. The van der Waals surface area contributed by atoms with E-state index in [2.05, 4.69) is 30.2 Å². The molecule has 0 aromatic carbocycles. The number of pyridine rings is 3. The molecule has 0 aliphatic carbocycles. The van der Waals surface area contributed by atoms with Gasteiger partial charge >= 0.3 is 0 Å². The number of amides is 1. The number of rotatable bonds is 5. The third-order valence-electron chi connectivity index (χ3n) is 4.61. The number of oxazole rings is 1. The van der Waals surface area contributed by atoms with Gasteiger partial charge in [0, 0.05) is 24.2 Å². The van der Waals surface area contributed by atoms with Crippen molar-refractivity contribution in [3.05, 3.63) is 79.4 Å². The summed E-state index contributed by atoms with van der Waals surface area (Å²) in [7, 11) is 0. The Labute approximate surface area is 171 Å². The lowest BCUT2D eigenvalue weighted by Gasteiger charge is -2.07. The van der Waals surface area contributed by atoms with Gasteiger partial charge in [-0.2, -0.15) is 0 Å². The van der Waals surface area contributed by atoms with E-state index in [0.29, 0.717) is 11.6 Å². The van der Waals surface area contributed by atoms with Gasteiger partial charge in [0.15, 0.2) is 6.39 Å². The monoisotopic (exact) mass is 396 g/mol. The first-order valence-electron chi connectivity index (χ1n) is 9.29. The number of aromatic amines is 1. The Bertz CT molecular complexity index is 1310. The van der Waals surface area contributed by atoms with E-state index >= 15 is 0 Å². The third kappa shape index (κ3) is 3.42. The molecule has 0 unspecified atom stereocenters. The van der Waals surface area contributed by atoms with Crippen LogP contribution in [-0.2, 0) is 11.2 Å². The quantitative estimate of drug-likeness (QED) is 0.467. The first-order valence-corrected chi connectivity index (χ1v) is 9.29. The van der Waals surface area contributed by atoms with E-state index in [-0.39, 0.29) is 12.3 Å². The molecule has 30 heavy (non-hydrogen) atoms. The number of carbonyl (C=O) groups is 1. The summed E-state index contributed by atoms with van der Waals surface area (Å²) in [6, 6.07) is 13.3. The molecule has 5 aromatic rings. The SMILES string of the molecule is O=C(Cc1cnco1)Nc1cc(-c2[nH]c3cccnc3c2-c2ccccn2)ccn1. The second kappa shape index (κ2) is 7.59. The molecule has 2 N–H and O–H groups in total. The highest BCUT2D eigenvalue weighted by atomic mass is 16.3. The van der Waals surface area contributed by atoms with Crippen molar-refractivity contribution in [3.8, 4) is 22.5 Å². The van der Waals surface area contributed by atoms with Gasteiger partial charge in [-0.1, -0.05) is 6.07 Å². The number of nitrogens with one attached hydrogen (secondary N) is 2. The van der Waals surface area contributed by atoms with Gasteiger partial charge in [-0.05, 0) is 36.4 Å². The average molecular weight is 396 g/mol. The van der Waals surface area contributed by atoms with Crippen LogP contribution in [-0.4, -0.2) is 30.8 Å². The zero-order valence-corrected chi connectivity index (χ0v) is 15.7. The smallest absolute Gasteiger partial charge is 0.233 e. The van der Waals surface area contributed by atoms with Gasteiger partial charge in [-0.3, -0.25) is 14.8 Å². The minimum absolute atomic E-state index is 0.0847. The average Bonchev–Trinajstić information content (AvgIpc) is 3.42. The van der Waals surface area contributed by atoms with Crippen molar-refractivity contribution in [2.45, 2.75) is 6.42 Å². The van der Waals surface area contributed by atoms with Crippen molar-refractivity contribution in [1.82, 2.24) is 24.9 Å². The molecule has 146 valence electrons. The topological polar surface area (TPSA) is 110 Å². The molecule has 8 nitrogen and oxygen atoms in total. The molecule has 0 saturated carbocycles. The van der Waals surface area contributed by atoms with E-state index in [0.717, 1.165) is 33.5 Å². The predicted octanol–water partition coefficient (Wildman–Crippen LogP) is 3.86. The van der Waals surface area contributed by atoms with Crippen LogP contribution in [0.3, 0.4) is 0 Å². The van der Waals surface area contributed by atoms with Crippen LogP contribution in [0.1, 0.15) is 5.76 Å². The summed E-state index contributed by atoms with van der Waals surface area (Å²) in [6.07, 6.45) is 8.06. The van der Waals surface area contributed by atoms with Crippen molar-refractivity contribution in [2.75, 3.05) is 5.32 Å². The molecule has 0 bridgehead atoms. The Morgan fingerprint density at radius 3 is 2.80 bits per heavy atom. The highest BCUT2D eigenvalue weighted by Crippen LogP contribution is 2.36. The number of anilines is 1. The van der Waals surface area contributed by atoms with Gasteiger partial charge in [-0.15, -0.1) is 0 Å². The van der Waals surface area contributed by atoms with Gasteiger partial charge in [0.2, 0.25) is 5.91 Å². The highest BCUT2D eigenvalue weighted by molar-refractivity contribution is 6.01. The predicted molar refractivity (Wildman–Crippen MR) is 111 cm³/mol. The molecule has 0 radical (unpaired) electrons. The molecule has 0 aliphatic heterocycles. The van der Waals surface area contributed by atoms with Gasteiger partial charge in [0.1, 0.15) is 11.6 Å². The Morgan fingerprint density at radius 2 is 1.97 bits per heavy atom. The maximum absolute atomic E-state index is 12.3. The van der Waals surface area contributed by atoms with Crippen LogP contribution in [0.4, 0.5) is 5.82 Å². The van der Waals surface area contributed by atoms with Crippen LogP contribution < -0.4 is 5.32 Å². The number of aromatic nitrogens is 5. The van der Waals surface area contributed by atoms with Crippen LogP contribution in [0, 0.1) is 0 Å². The zero-order valence-electron chi connectivity index (χ0n) is 15.7. The van der Waals surface area contributed by atoms with Gasteiger partial charge in [0.25, 0.3) is 0 Å². The second-order valence-corrected chi connectivity index (χ2v) is 6.61. The summed E-state index contributed by atoms with van der Waals surface area (Å²) in [4.78, 5) is 32.9. The number of nitrogens with zero attached hydrogens (tertiary/aromatic N) is 4. The second-order valence-electron chi connectivity index (χ2n) is 6.61. The highest BCUT2D eigenvalue weighted by Gasteiger charge is 2.17. The molecule has 8 heteroatoms. The molecule has 0 aliphatic rings. The molecule has 0 saturated heterocycles. The zero-order chi connectivity index (χ0) is 20.3. The molecule has 5 aromatic heterocycles. The summed E-state index contributed by atoms with van der Waals surface area (Å²) in [6.45, 7) is 0. The summed E-state index contributed by atoms with van der Waals surface area (Å²) in [5.74, 6) is 0.693. The molecular formula is C22H16N6O2. The Morgan fingerprint density at radius 1 is 1.03 bits per heavy atom. The molecule has 5 heterocycles. The number of hydrogen-bond donors (Lipinski definition) is 2. The first-order chi connectivity index (χ1) is 14.8. The van der Waals surface area contributed by atoms with Crippen molar-refractivity contribution in [1.29, 1.82) is 0 Å². The fourth-order valence-electron chi connectivity index (χ4n) is 3.33. The van der Waals surface area contributed by atoms with Crippen molar-refractivity contribution in [2.24, 2.45) is 0 Å². The van der Waals surface area contributed by atoms with Crippen molar-refractivity contribution < 1.29 is 9.21 Å².